The van der Waals surface area contributed by atoms with Crippen LogP contribution in [0.1, 0.15) is 62.3 Å². The van der Waals surface area contributed by atoms with Gasteiger partial charge in [-0.1, -0.05) is 25.4 Å². The van der Waals surface area contributed by atoms with E-state index < -0.39 is 10.0 Å². The molecule has 0 fully saturated rings. The molecule has 0 radical (unpaired) electrons. The lowest BCUT2D eigenvalue weighted by Crippen LogP contribution is -2.32. The van der Waals surface area contributed by atoms with Crippen LogP contribution >= 0.6 is 11.6 Å². The van der Waals surface area contributed by atoms with Crippen LogP contribution in [0.3, 0.4) is 0 Å². The highest BCUT2D eigenvalue weighted by molar-refractivity contribution is 7.92. The fourth-order valence-corrected chi connectivity index (χ4v) is 4.77. The number of aryl methyl sites for hydroxylation is 1. The zero-order valence-corrected chi connectivity index (χ0v) is 21.2. The lowest BCUT2D eigenvalue weighted by molar-refractivity contribution is -0.121. The van der Waals surface area contributed by atoms with E-state index in [4.69, 9.17) is 16.3 Å². The Balaban J connectivity index is 2.03. The van der Waals surface area contributed by atoms with E-state index in [1.54, 1.807) is 31.4 Å². The molecule has 0 bridgehead atoms. The smallest absolute Gasteiger partial charge is 0.232 e. The summed E-state index contributed by atoms with van der Waals surface area (Å²) in [6.07, 6.45) is 1.77. The van der Waals surface area contributed by atoms with Crippen molar-refractivity contribution >= 4 is 33.2 Å². The number of anilines is 1. The zero-order valence-electron chi connectivity index (χ0n) is 19.6. The van der Waals surface area contributed by atoms with Crippen molar-refractivity contribution in [2.75, 3.05) is 24.2 Å². The first-order valence-electron chi connectivity index (χ1n) is 10.6. The van der Waals surface area contributed by atoms with Crippen molar-refractivity contribution in [1.29, 1.82) is 0 Å². The molecule has 1 N–H and O–H groups in total. The molecule has 0 aliphatic carbocycles. The van der Waals surface area contributed by atoms with E-state index in [9.17, 15) is 13.2 Å². The quantitative estimate of drug-likeness (QED) is 0.506. The first-order chi connectivity index (χ1) is 14.9. The molecular weight excluding hydrogens is 448 g/mol. The monoisotopic (exact) mass is 480 g/mol. The standard InChI is InChI=1S/C24H33ClN2O4S/c1-16(2)21-15-22(17(3)14-23(21)31-5)18(4)26-24(28)8-7-13-27(32(6,29)30)20-11-9-19(25)10-12-20/h9-12,14-16,18H,7-8,13H2,1-6H3,(H,26,28)/t18-/m1/s1. The van der Waals surface area contributed by atoms with Gasteiger partial charge in [0.15, 0.2) is 0 Å². The van der Waals surface area contributed by atoms with E-state index >= 15 is 0 Å². The summed E-state index contributed by atoms with van der Waals surface area (Å²) in [5, 5.41) is 3.57. The van der Waals surface area contributed by atoms with E-state index in [-0.39, 0.29) is 24.9 Å². The van der Waals surface area contributed by atoms with Crippen molar-refractivity contribution in [1.82, 2.24) is 5.32 Å². The lowest BCUT2D eigenvalue weighted by Gasteiger charge is -2.23. The maximum absolute atomic E-state index is 12.6. The van der Waals surface area contributed by atoms with Gasteiger partial charge in [0.1, 0.15) is 5.75 Å². The minimum Gasteiger partial charge on any atom is -0.496 e. The largest absolute Gasteiger partial charge is 0.496 e. The first-order valence-corrected chi connectivity index (χ1v) is 12.9. The number of nitrogens with one attached hydrogen (secondary N) is 1. The van der Waals surface area contributed by atoms with Crippen LogP contribution in [-0.4, -0.2) is 34.2 Å². The van der Waals surface area contributed by atoms with Crippen molar-refractivity contribution in [3.63, 3.8) is 0 Å². The molecule has 0 aromatic heterocycles. The fourth-order valence-electron chi connectivity index (χ4n) is 3.68. The molecule has 6 nitrogen and oxygen atoms in total. The predicted octanol–water partition coefficient (Wildman–Crippen LogP) is 5.20. The maximum Gasteiger partial charge on any atom is 0.232 e. The number of rotatable bonds is 10. The molecule has 8 heteroatoms. The van der Waals surface area contributed by atoms with Crippen molar-refractivity contribution < 1.29 is 17.9 Å². The van der Waals surface area contributed by atoms with Crippen LogP contribution < -0.4 is 14.4 Å². The number of methoxy groups -OCH3 is 1. The molecule has 2 aromatic rings. The van der Waals surface area contributed by atoms with Gasteiger partial charge in [0.05, 0.1) is 25.1 Å². The molecule has 0 saturated heterocycles. The van der Waals surface area contributed by atoms with Gasteiger partial charge in [-0.3, -0.25) is 9.10 Å². The van der Waals surface area contributed by atoms with Gasteiger partial charge in [-0.25, -0.2) is 8.42 Å². The van der Waals surface area contributed by atoms with Crippen LogP contribution in [-0.2, 0) is 14.8 Å². The van der Waals surface area contributed by atoms with E-state index in [0.717, 1.165) is 28.7 Å². The van der Waals surface area contributed by atoms with Gasteiger partial charge in [-0.05, 0) is 79.3 Å². The molecule has 1 atom stereocenters. The van der Waals surface area contributed by atoms with Crippen LogP contribution in [0.25, 0.3) is 0 Å². The second-order valence-electron chi connectivity index (χ2n) is 8.31. The van der Waals surface area contributed by atoms with Crippen LogP contribution in [0.2, 0.25) is 5.02 Å². The second-order valence-corrected chi connectivity index (χ2v) is 10.7. The third-order valence-electron chi connectivity index (χ3n) is 5.36. The number of hydrogen-bond donors (Lipinski definition) is 1. The number of ether oxygens (including phenoxy) is 1. The second kappa shape index (κ2) is 11.1. The van der Waals surface area contributed by atoms with Crippen LogP contribution in [0, 0.1) is 6.92 Å². The average molecular weight is 481 g/mol. The summed E-state index contributed by atoms with van der Waals surface area (Å²) < 4.78 is 31.2. The van der Waals surface area contributed by atoms with Gasteiger partial charge in [-0.2, -0.15) is 0 Å². The molecule has 0 heterocycles. The molecule has 0 unspecified atom stereocenters. The van der Waals surface area contributed by atoms with Gasteiger partial charge in [0.2, 0.25) is 15.9 Å². The molecular formula is C24H33ClN2O4S. The molecule has 32 heavy (non-hydrogen) atoms. The van der Waals surface area contributed by atoms with Crippen molar-refractivity contribution in [3.05, 3.63) is 58.1 Å². The Morgan fingerprint density at radius 2 is 1.75 bits per heavy atom. The van der Waals surface area contributed by atoms with Crippen LogP contribution in [0.5, 0.6) is 5.75 Å². The summed E-state index contributed by atoms with van der Waals surface area (Å²) in [7, 11) is -1.81. The fraction of sp³-hybridized carbons (Fsp3) is 0.458. The normalized spacial score (nSPS) is 12.5. The Bertz CT molecular complexity index is 1040. The highest BCUT2D eigenvalue weighted by Gasteiger charge is 2.19. The third-order valence-corrected chi connectivity index (χ3v) is 6.81. The van der Waals surface area contributed by atoms with Crippen molar-refractivity contribution in [2.24, 2.45) is 0 Å². The zero-order chi connectivity index (χ0) is 24.1. The lowest BCUT2D eigenvalue weighted by atomic mass is 9.93. The SMILES string of the molecule is COc1cc(C)c([C@@H](C)NC(=O)CCCN(c2ccc(Cl)cc2)S(C)(=O)=O)cc1C(C)C. The minimum atomic E-state index is -3.47. The summed E-state index contributed by atoms with van der Waals surface area (Å²) in [6.45, 7) is 8.37. The number of halogens is 1. The third kappa shape index (κ3) is 6.87. The van der Waals surface area contributed by atoms with Gasteiger partial charge >= 0.3 is 0 Å². The summed E-state index contributed by atoms with van der Waals surface area (Å²) >= 11 is 5.90. The number of amides is 1. The number of nitrogens with zero attached hydrogens (tertiary/aromatic N) is 1. The highest BCUT2D eigenvalue weighted by Crippen LogP contribution is 2.32. The molecule has 0 spiro atoms. The Morgan fingerprint density at radius 3 is 2.28 bits per heavy atom. The Morgan fingerprint density at radius 1 is 1.12 bits per heavy atom. The summed E-state index contributed by atoms with van der Waals surface area (Å²) in [5.74, 6) is 1.02. The topological polar surface area (TPSA) is 75.7 Å². The molecule has 2 rings (SSSR count). The van der Waals surface area contributed by atoms with E-state index in [1.165, 1.54) is 4.31 Å². The summed E-state index contributed by atoms with van der Waals surface area (Å²) in [4.78, 5) is 12.6. The van der Waals surface area contributed by atoms with E-state index in [1.807, 2.05) is 19.9 Å². The summed E-state index contributed by atoms with van der Waals surface area (Å²) in [5.41, 5.74) is 3.72. The van der Waals surface area contributed by atoms with E-state index in [2.05, 4.69) is 25.2 Å². The molecule has 0 aliphatic heterocycles. The number of carbonyl (C=O) groups excluding carboxylic acids is 1. The first kappa shape index (κ1) is 26.0. The number of hydrogen-bond acceptors (Lipinski definition) is 4. The van der Waals surface area contributed by atoms with Gasteiger partial charge in [-0.15, -0.1) is 0 Å². The number of sulfonamides is 1. The minimum absolute atomic E-state index is 0.122. The Kier molecular flexibility index (Phi) is 8.98. The molecule has 1 amide bonds. The summed E-state index contributed by atoms with van der Waals surface area (Å²) in [6, 6.07) is 10.5. The maximum atomic E-state index is 12.6. The average Bonchev–Trinajstić information content (AvgIpc) is 2.70. The Hall–Kier alpha value is -2.25. The van der Waals surface area contributed by atoms with Gasteiger partial charge < -0.3 is 10.1 Å². The van der Waals surface area contributed by atoms with Crippen LogP contribution in [0.4, 0.5) is 5.69 Å². The predicted molar refractivity (Wildman–Crippen MR) is 131 cm³/mol. The van der Waals surface area contributed by atoms with Crippen molar-refractivity contribution in [3.8, 4) is 5.75 Å². The van der Waals surface area contributed by atoms with Crippen molar-refractivity contribution in [2.45, 2.75) is 52.5 Å². The highest BCUT2D eigenvalue weighted by atomic mass is 35.5. The number of benzene rings is 2. The molecule has 0 aliphatic rings. The molecule has 176 valence electrons. The number of carbonyl (C=O) groups is 1. The Labute approximate surface area is 197 Å². The van der Waals surface area contributed by atoms with Gasteiger partial charge in [0.25, 0.3) is 0 Å². The van der Waals surface area contributed by atoms with Crippen LogP contribution in [0.15, 0.2) is 36.4 Å². The molecule has 2 aromatic carbocycles. The van der Waals surface area contributed by atoms with E-state index in [0.29, 0.717) is 23.0 Å². The van der Waals surface area contributed by atoms with Gasteiger partial charge in [0, 0.05) is 18.0 Å². The molecule has 0 saturated carbocycles.